The Bertz CT molecular complexity index is 1000. The highest BCUT2D eigenvalue weighted by molar-refractivity contribution is 5.83. The molecule has 2 atom stereocenters. The molecule has 0 radical (unpaired) electrons. The molecule has 0 aliphatic carbocycles. The summed E-state index contributed by atoms with van der Waals surface area (Å²) in [5, 5.41) is 16.7. The molecule has 6 nitrogen and oxygen atoms in total. The molecule has 1 aromatic heterocycles. The predicted octanol–water partition coefficient (Wildman–Crippen LogP) is 2.92. The molecule has 1 aliphatic rings. The van der Waals surface area contributed by atoms with Crippen molar-refractivity contribution in [3.63, 3.8) is 0 Å². The van der Waals surface area contributed by atoms with Crippen molar-refractivity contribution in [2.75, 3.05) is 13.2 Å². The molecular formula is C23H25FN2O4. The largest absolute Gasteiger partial charge is 0.494 e. The van der Waals surface area contributed by atoms with Crippen molar-refractivity contribution in [1.82, 2.24) is 10.6 Å². The Morgan fingerprint density at radius 3 is 2.83 bits per heavy atom. The number of nitrogens with one attached hydrogen (secondary N) is 2. The van der Waals surface area contributed by atoms with Crippen molar-refractivity contribution in [2.45, 2.75) is 38.0 Å². The minimum absolute atomic E-state index is 0.186. The number of halogens is 1. The molecule has 1 saturated heterocycles. The third-order valence-corrected chi connectivity index (χ3v) is 5.22. The standard InChI is InChI=1S/C23H25FN2O4/c24-17-4-6-18(7-5-17)29-11-1-2-19-13-16-12-15(3-8-21(16)30-19)14-26-23(28)22-20(27)9-10-25-22/h3-8,12-13,20,22,25,27H,1-2,9-11,14H2,(H,26,28). The second kappa shape index (κ2) is 9.28. The van der Waals surface area contributed by atoms with E-state index in [0.29, 0.717) is 31.9 Å². The van der Waals surface area contributed by atoms with E-state index < -0.39 is 12.1 Å². The van der Waals surface area contributed by atoms with Gasteiger partial charge in [0.25, 0.3) is 0 Å². The number of aryl methyl sites for hydroxylation is 1. The molecule has 1 fully saturated rings. The first-order chi connectivity index (χ1) is 14.6. The number of amides is 1. The zero-order valence-electron chi connectivity index (χ0n) is 16.6. The molecule has 2 heterocycles. The summed E-state index contributed by atoms with van der Waals surface area (Å²) in [6.45, 7) is 1.56. The summed E-state index contributed by atoms with van der Waals surface area (Å²) in [5.41, 5.74) is 1.77. The van der Waals surface area contributed by atoms with E-state index in [0.717, 1.165) is 35.1 Å². The third-order valence-electron chi connectivity index (χ3n) is 5.22. The number of carbonyl (C=O) groups excluding carboxylic acids is 1. The second-order valence-electron chi connectivity index (χ2n) is 7.50. The molecule has 2 unspecified atom stereocenters. The number of rotatable bonds is 8. The number of carbonyl (C=O) groups is 1. The molecular weight excluding hydrogens is 387 g/mol. The summed E-state index contributed by atoms with van der Waals surface area (Å²) in [4.78, 5) is 12.2. The van der Waals surface area contributed by atoms with Gasteiger partial charge >= 0.3 is 0 Å². The van der Waals surface area contributed by atoms with Gasteiger partial charge in [-0.05, 0) is 67.4 Å². The molecule has 3 N–H and O–H groups in total. The fourth-order valence-electron chi connectivity index (χ4n) is 3.60. The first kappa shape index (κ1) is 20.4. The molecule has 0 spiro atoms. The van der Waals surface area contributed by atoms with Crippen LogP contribution < -0.4 is 15.4 Å². The molecule has 30 heavy (non-hydrogen) atoms. The highest BCUT2D eigenvalue weighted by Gasteiger charge is 2.30. The lowest BCUT2D eigenvalue weighted by molar-refractivity contribution is -0.124. The summed E-state index contributed by atoms with van der Waals surface area (Å²) >= 11 is 0. The molecule has 7 heteroatoms. The summed E-state index contributed by atoms with van der Waals surface area (Å²) in [5.74, 6) is 1.05. The van der Waals surface area contributed by atoms with Gasteiger partial charge in [0.1, 0.15) is 29.0 Å². The Balaban J connectivity index is 1.27. The predicted molar refractivity (Wildman–Crippen MR) is 111 cm³/mol. The second-order valence-corrected chi connectivity index (χ2v) is 7.50. The van der Waals surface area contributed by atoms with Crippen LogP contribution in [0.3, 0.4) is 0 Å². The monoisotopic (exact) mass is 412 g/mol. The smallest absolute Gasteiger partial charge is 0.240 e. The van der Waals surface area contributed by atoms with Gasteiger partial charge in [0.05, 0.1) is 12.7 Å². The Morgan fingerprint density at radius 1 is 1.23 bits per heavy atom. The van der Waals surface area contributed by atoms with Crippen molar-refractivity contribution in [3.8, 4) is 5.75 Å². The Labute approximate surface area is 174 Å². The molecule has 1 amide bonds. The maximum Gasteiger partial charge on any atom is 0.240 e. The highest BCUT2D eigenvalue weighted by Crippen LogP contribution is 2.22. The normalized spacial score (nSPS) is 18.6. The minimum Gasteiger partial charge on any atom is -0.494 e. The Kier molecular flexibility index (Phi) is 6.30. The van der Waals surface area contributed by atoms with E-state index in [1.165, 1.54) is 12.1 Å². The summed E-state index contributed by atoms with van der Waals surface area (Å²) < 4.78 is 24.4. The fourth-order valence-corrected chi connectivity index (χ4v) is 3.60. The van der Waals surface area contributed by atoms with E-state index >= 15 is 0 Å². The van der Waals surface area contributed by atoms with E-state index in [2.05, 4.69) is 10.6 Å². The van der Waals surface area contributed by atoms with Gasteiger partial charge in [-0.3, -0.25) is 4.79 Å². The molecule has 158 valence electrons. The van der Waals surface area contributed by atoms with Crippen LogP contribution in [-0.2, 0) is 17.8 Å². The maximum atomic E-state index is 12.9. The minimum atomic E-state index is -0.629. The Morgan fingerprint density at radius 2 is 2.07 bits per heavy atom. The van der Waals surface area contributed by atoms with Crippen LogP contribution >= 0.6 is 0 Å². The molecule has 2 aromatic carbocycles. The average molecular weight is 412 g/mol. The van der Waals surface area contributed by atoms with Gasteiger partial charge in [-0.2, -0.15) is 0 Å². The number of hydrogen-bond donors (Lipinski definition) is 3. The Hall–Kier alpha value is -2.90. The van der Waals surface area contributed by atoms with Gasteiger partial charge in [0.2, 0.25) is 5.91 Å². The van der Waals surface area contributed by atoms with Crippen molar-refractivity contribution in [2.24, 2.45) is 0 Å². The first-order valence-electron chi connectivity index (χ1n) is 10.2. The average Bonchev–Trinajstić information content (AvgIpc) is 3.36. The van der Waals surface area contributed by atoms with Gasteiger partial charge in [0.15, 0.2) is 0 Å². The molecule has 4 rings (SSSR count). The molecule has 1 aliphatic heterocycles. The maximum absolute atomic E-state index is 12.9. The lowest BCUT2D eigenvalue weighted by atomic mass is 10.1. The van der Waals surface area contributed by atoms with Crippen LogP contribution in [0.1, 0.15) is 24.2 Å². The van der Waals surface area contributed by atoms with Crippen LogP contribution in [0, 0.1) is 5.82 Å². The van der Waals surface area contributed by atoms with Crippen LogP contribution in [0.2, 0.25) is 0 Å². The number of benzene rings is 2. The van der Waals surface area contributed by atoms with Crippen LogP contribution in [0.4, 0.5) is 4.39 Å². The van der Waals surface area contributed by atoms with Crippen molar-refractivity contribution < 1.29 is 23.4 Å². The van der Waals surface area contributed by atoms with Crippen LogP contribution in [0.15, 0.2) is 52.9 Å². The van der Waals surface area contributed by atoms with E-state index in [1.54, 1.807) is 12.1 Å². The fraction of sp³-hybridized carbons (Fsp3) is 0.348. The summed E-state index contributed by atoms with van der Waals surface area (Å²) in [6, 6.07) is 13.3. The van der Waals surface area contributed by atoms with Gasteiger partial charge in [-0.15, -0.1) is 0 Å². The van der Waals surface area contributed by atoms with E-state index in [1.807, 2.05) is 24.3 Å². The highest BCUT2D eigenvalue weighted by atomic mass is 19.1. The third kappa shape index (κ3) is 4.98. The number of aliphatic hydroxyl groups excluding tert-OH is 1. The number of hydrogen-bond acceptors (Lipinski definition) is 5. The lowest BCUT2D eigenvalue weighted by Crippen LogP contribution is -2.45. The lowest BCUT2D eigenvalue weighted by Gasteiger charge is -2.14. The van der Waals surface area contributed by atoms with Gasteiger partial charge < -0.3 is 24.9 Å². The topological polar surface area (TPSA) is 83.7 Å². The zero-order valence-corrected chi connectivity index (χ0v) is 16.6. The van der Waals surface area contributed by atoms with Crippen molar-refractivity contribution in [3.05, 3.63) is 65.7 Å². The van der Waals surface area contributed by atoms with Gasteiger partial charge in [-0.1, -0.05) is 6.07 Å². The van der Waals surface area contributed by atoms with Crippen LogP contribution in [0.5, 0.6) is 5.75 Å². The van der Waals surface area contributed by atoms with Gasteiger partial charge in [-0.25, -0.2) is 4.39 Å². The van der Waals surface area contributed by atoms with E-state index in [-0.39, 0.29) is 11.7 Å². The quantitative estimate of drug-likeness (QED) is 0.496. The molecule has 0 bridgehead atoms. The van der Waals surface area contributed by atoms with Gasteiger partial charge in [0, 0.05) is 18.4 Å². The van der Waals surface area contributed by atoms with E-state index in [4.69, 9.17) is 9.15 Å². The van der Waals surface area contributed by atoms with Crippen molar-refractivity contribution >= 4 is 16.9 Å². The molecule has 3 aromatic rings. The first-order valence-corrected chi connectivity index (χ1v) is 10.2. The molecule has 0 saturated carbocycles. The number of furan rings is 1. The van der Waals surface area contributed by atoms with E-state index in [9.17, 15) is 14.3 Å². The summed E-state index contributed by atoms with van der Waals surface area (Å²) in [6.07, 6.45) is 1.47. The number of fused-ring (bicyclic) bond motifs is 1. The summed E-state index contributed by atoms with van der Waals surface area (Å²) in [7, 11) is 0. The van der Waals surface area contributed by atoms with Crippen LogP contribution in [-0.4, -0.2) is 36.3 Å². The van der Waals surface area contributed by atoms with Crippen molar-refractivity contribution in [1.29, 1.82) is 0 Å². The zero-order chi connectivity index (χ0) is 20.9. The number of aliphatic hydroxyl groups is 1. The number of ether oxygens (including phenoxy) is 1. The van der Waals surface area contributed by atoms with Crippen LogP contribution in [0.25, 0.3) is 11.0 Å². The SMILES string of the molecule is O=C(NCc1ccc2oc(CCCOc3ccc(F)cc3)cc2c1)C1NCCC1O.